The van der Waals surface area contributed by atoms with Gasteiger partial charge in [-0.1, -0.05) is 17.7 Å². The van der Waals surface area contributed by atoms with Crippen molar-refractivity contribution >= 4 is 11.0 Å². The van der Waals surface area contributed by atoms with Gasteiger partial charge >= 0.3 is 0 Å². The van der Waals surface area contributed by atoms with E-state index in [-0.39, 0.29) is 5.60 Å². The highest BCUT2D eigenvalue weighted by Crippen LogP contribution is 2.23. The van der Waals surface area contributed by atoms with Gasteiger partial charge in [0.2, 0.25) is 0 Å². The predicted octanol–water partition coefficient (Wildman–Crippen LogP) is 5.50. The molecular formula is C21H32N2O. The van der Waals surface area contributed by atoms with E-state index in [1.165, 1.54) is 22.2 Å². The molecule has 0 atom stereocenters. The van der Waals surface area contributed by atoms with Crippen LogP contribution in [-0.2, 0) is 11.3 Å². The van der Waals surface area contributed by atoms with Crippen molar-refractivity contribution in [1.29, 1.82) is 0 Å². The summed E-state index contributed by atoms with van der Waals surface area (Å²) in [6.07, 6.45) is 5.70. The van der Waals surface area contributed by atoms with Crippen LogP contribution in [0.15, 0.2) is 23.8 Å². The van der Waals surface area contributed by atoms with Gasteiger partial charge in [-0.15, -0.1) is 0 Å². The Morgan fingerprint density at radius 3 is 2.62 bits per heavy atom. The second kappa shape index (κ2) is 7.52. The normalized spacial score (nSPS) is 13.0. The number of aryl methyl sites for hydroxylation is 3. The van der Waals surface area contributed by atoms with Gasteiger partial charge in [0.05, 0.1) is 16.6 Å². The minimum absolute atomic E-state index is 0.0210. The molecule has 0 aliphatic rings. The number of ether oxygens (including phenoxy) is 1. The molecule has 3 nitrogen and oxygen atoms in total. The molecule has 1 heterocycles. The van der Waals surface area contributed by atoms with Crippen molar-refractivity contribution < 1.29 is 4.74 Å². The Hall–Kier alpha value is -1.61. The first-order chi connectivity index (χ1) is 11.2. The number of fused-ring (bicyclic) bond motifs is 1. The number of methoxy groups -OCH3 is 1. The molecule has 1 aromatic heterocycles. The highest BCUT2D eigenvalue weighted by Gasteiger charge is 2.15. The Bertz CT molecular complexity index is 738. The Morgan fingerprint density at radius 2 is 1.96 bits per heavy atom. The number of aromatic nitrogens is 2. The van der Waals surface area contributed by atoms with Crippen LogP contribution in [-0.4, -0.2) is 22.3 Å². The Kier molecular flexibility index (Phi) is 5.87. The second-order valence-electron chi connectivity index (χ2n) is 7.51. The van der Waals surface area contributed by atoms with Gasteiger partial charge in [0, 0.05) is 13.7 Å². The SMILES string of the molecule is COC(C)(C)CCCC(C)=CCn1c(C)nc2c(C)c(C)ccc21. The summed E-state index contributed by atoms with van der Waals surface area (Å²) in [4.78, 5) is 4.77. The lowest BCUT2D eigenvalue weighted by molar-refractivity contribution is 0.0140. The third-order valence-electron chi connectivity index (χ3n) is 5.16. The molecule has 0 N–H and O–H groups in total. The smallest absolute Gasteiger partial charge is 0.107 e. The molecule has 0 aliphatic carbocycles. The van der Waals surface area contributed by atoms with Gasteiger partial charge in [-0.3, -0.25) is 0 Å². The maximum atomic E-state index is 5.49. The molecule has 0 amide bonds. The van der Waals surface area contributed by atoms with Crippen LogP contribution in [0, 0.1) is 20.8 Å². The summed E-state index contributed by atoms with van der Waals surface area (Å²) in [6.45, 7) is 13.8. The summed E-state index contributed by atoms with van der Waals surface area (Å²) >= 11 is 0. The molecule has 0 radical (unpaired) electrons. The highest BCUT2D eigenvalue weighted by molar-refractivity contribution is 5.80. The molecule has 132 valence electrons. The molecule has 0 aliphatic heterocycles. The first-order valence-corrected chi connectivity index (χ1v) is 8.89. The lowest BCUT2D eigenvalue weighted by Crippen LogP contribution is -2.21. The molecule has 0 spiro atoms. The zero-order valence-electron chi connectivity index (χ0n) is 16.4. The zero-order valence-corrected chi connectivity index (χ0v) is 16.4. The van der Waals surface area contributed by atoms with E-state index in [4.69, 9.17) is 9.72 Å². The molecule has 0 bridgehead atoms. The second-order valence-corrected chi connectivity index (χ2v) is 7.51. The van der Waals surface area contributed by atoms with E-state index in [0.29, 0.717) is 0 Å². The molecule has 0 fully saturated rings. The average Bonchev–Trinajstić information content (AvgIpc) is 2.85. The van der Waals surface area contributed by atoms with Gasteiger partial charge in [0.25, 0.3) is 0 Å². The summed E-state index contributed by atoms with van der Waals surface area (Å²) in [7, 11) is 1.79. The van der Waals surface area contributed by atoms with Crippen molar-refractivity contribution in [3.05, 3.63) is 40.7 Å². The van der Waals surface area contributed by atoms with Gasteiger partial charge in [0.1, 0.15) is 5.82 Å². The van der Waals surface area contributed by atoms with Gasteiger partial charge < -0.3 is 9.30 Å². The van der Waals surface area contributed by atoms with Gasteiger partial charge in [-0.2, -0.15) is 0 Å². The van der Waals surface area contributed by atoms with Crippen LogP contribution in [0.1, 0.15) is 57.0 Å². The van der Waals surface area contributed by atoms with E-state index in [0.717, 1.165) is 37.1 Å². The highest BCUT2D eigenvalue weighted by atomic mass is 16.5. The summed E-state index contributed by atoms with van der Waals surface area (Å²) in [5.41, 5.74) is 6.39. The van der Waals surface area contributed by atoms with Crippen molar-refractivity contribution in [2.75, 3.05) is 7.11 Å². The molecular weight excluding hydrogens is 296 g/mol. The van der Waals surface area contributed by atoms with Gasteiger partial charge in [-0.05, 0) is 78.0 Å². The lowest BCUT2D eigenvalue weighted by Gasteiger charge is -2.22. The first-order valence-electron chi connectivity index (χ1n) is 8.89. The number of nitrogens with zero attached hydrogens (tertiary/aromatic N) is 2. The van der Waals surface area contributed by atoms with E-state index in [9.17, 15) is 0 Å². The standard InChI is InChI=1S/C21H32N2O/c1-15(9-8-13-21(5,6)24-7)12-14-23-18(4)22-20-17(3)16(2)10-11-19(20)23/h10-12H,8-9,13-14H2,1-7H3. The summed E-state index contributed by atoms with van der Waals surface area (Å²) in [5, 5.41) is 0. The quantitative estimate of drug-likeness (QED) is 0.627. The number of imidazole rings is 1. The van der Waals surface area contributed by atoms with Crippen molar-refractivity contribution in [2.24, 2.45) is 0 Å². The minimum atomic E-state index is -0.0210. The molecule has 0 saturated carbocycles. The van der Waals surface area contributed by atoms with Crippen molar-refractivity contribution in [3.63, 3.8) is 0 Å². The van der Waals surface area contributed by atoms with Crippen LogP contribution in [0.2, 0.25) is 0 Å². The topological polar surface area (TPSA) is 27.1 Å². The van der Waals surface area contributed by atoms with Crippen molar-refractivity contribution in [2.45, 2.75) is 73.0 Å². The summed E-state index contributed by atoms with van der Waals surface area (Å²) in [6, 6.07) is 4.39. The van der Waals surface area contributed by atoms with E-state index >= 15 is 0 Å². The fourth-order valence-electron chi connectivity index (χ4n) is 3.02. The van der Waals surface area contributed by atoms with Crippen LogP contribution in [0.4, 0.5) is 0 Å². The van der Waals surface area contributed by atoms with E-state index in [1.807, 2.05) is 0 Å². The van der Waals surface area contributed by atoms with Crippen molar-refractivity contribution in [1.82, 2.24) is 9.55 Å². The maximum Gasteiger partial charge on any atom is 0.107 e. The average molecular weight is 329 g/mol. The summed E-state index contributed by atoms with van der Waals surface area (Å²) in [5.74, 6) is 1.09. The molecule has 2 aromatic rings. The fourth-order valence-corrected chi connectivity index (χ4v) is 3.02. The van der Waals surface area contributed by atoms with E-state index in [1.54, 1.807) is 7.11 Å². The Morgan fingerprint density at radius 1 is 1.25 bits per heavy atom. The molecule has 24 heavy (non-hydrogen) atoms. The third kappa shape index (κ3) is 4.27. The van der Waals surface area contributed by atoms with Crippen LogP contribution >= 0.6 is 0 Å². The number of hydrogen-bond donors (Lipinski definition) is 0. The van der Waals surface area contributed by atoms with Crippen LogP contribution in [0.25, 0.3) is 11.0 Å². The zero-order chi connectivity index (χ0) is 17.9. The Labute approximate surface area is 146 Å². The number of hydrogen-bond acceptors (Lipinski definition) is 2. The number of benzene rings is 1. The van der Waals surface area contributed by atoms with Gasteiger partial charge in [-0.25, -0.2) is 4.98 Å². The van der Waals surface area contributed by atoms with Crippen LogP contribution in [0.3, 0.4) is 0 Å². The van der Waals surface area contributed by atoms with E-state index < -0.39 is 0 Å². The summed E-state index contributed by atoms with van der Waals surface area (Å²) < 4.78 is 7.80. The molecule has 0 unspecified atom stereocenters. The van der Waals surface area contributed by atoms with Crippen LogP contribution in [0.5, 0.6) is 0 Å². The molecule has 1 aromatic carbocycles. The monoisotopic (exact) mass is 328 g/mol. The molecule has 0 saturated heterocycles. The van der Waals surface area contributed by atoms with Gasteiger partial charge in [0.15, 0.2) is 0 Å². The lowest BCUT2D eigenvalue weighted by atomic mass is 9.99. The van der Waals surface area contributed by atoms with Crippen LogP contribution < -0.4 is 0 Å². The minimum Gasteiger partial charge on any atom is -0.379 e. The van der Waals surface area contributed by atoms with Crippen molar-refractivity contribution in [3.8, 4) is 0 Å². The first kappa shape index (κ1) is 18.7. The predicted molar refractivity (Wildman–Crippen MR) is 103 cm³/mol. The maximum absolute atomic E-state index is 5.49. The Balaban J connectivity index is 2.07. The third-order valence-corrected chi connectivity index (χ3v) is 5.16. The number of rotatable bonds is 7. The largest absolute Gasteiger partial charge is 0.379 e. The number of allylic oxidation sites excluding steroid dienone is 2. The van der Waals surface area contributed by atoms with E-state index in [2.05, 4.69) is 64.3 Å². The molecule has 3 heteroatoms. The molecule has 2 rings (SSSR count). The fraction of sp³-hybridized carbons (Fsp3) is 0.571.